The van der Waals surface area contributed by atoms with E-state index in [1.54, 1.807) is 0 Å². The molecule has 0 radical (unpaired) electrons. The van der Waals surface area contributed by atoms with Crippen LogP contribution in [0.1, 0.15) is 11.4 Å². The van der Waals surface area contributed by atoms with E-state index in [4.69, 9.17) is 11.6 Å². The van der Waals surface area contributed by atoms with Crippen LogP contribution in [-0.4, -0.2) is 19.1 Å². The van der Waals surface area contributed by atoms with Crippen molar-refractivity contribution in [3.8, 4) is 10.6 Å². The Morgan fingerprint density at radius 1 is 1.36 bits per heavy atom. The Balaban J connectivity index is 2.61. The second kappa shape index (κ2) is 3.33. The molecule has 6 heteroatoms. The molecule has 0 amide bonds. The highest BCUT2D eigenvalue weighted by molar-refractivity contribution is 7.09. The van der Waals surface area contributed by atoms with Crippen molar-refractivity contribution in [1.29, 1.82) is 0 Å². The number of nitrogens with zero attached hydrogens (tertiary/aromatic N) is 4. The van der Waals surface area contributed by atoms with Gasteiger partial charge in [0.05, 0.1) is 11.3 Å². The van der Waals surface area contributed by atoms with Crippen molar-refractivity contribution < 1.29 is 0 Å². The summed E-state index contributed by atoms with van der Waals surface area (Å²) < 4.78 is 5.78. The Bertz CT molecular complexity index is 474. The molecule has 0 spiro atoms. The first-order valence-corrected chi connectivity index (χ1v) is 5.24. The zero-order valence-electron chi connectivity index (χ0n) is 8.08. The van der Waals surface area contributed by atoms with E-state index >= 15 is 0 Å². The summed E-state index contributed by atoms with van der Waals surface area (Å²) in [6, 6.07) is 0. The van der Waals surface area contributed by atoms with Gasteiger partial charge in [0.15, 0.2) is 0 Å². The second-order valence-electron chi connectivity index (χ2n) is 3.04. The molecule has 2 heterocycles. The van der Waals surface area contributed by atoms with Gasteiger partial charge in [-0.3, -0.25) is 4.68 Å². The first-order valence-electron chi connectivity index (χ1n) is 4.09. The summed E-state index contributed by atoms with van der Waals surface area (Å²) in [6.45, 7) is 3.96. The molecule has 0 bridgehead atoms. The number of hydrogen-bond donors (Lipinski definition) is 0. The Morgan fingerprint density at radius 3 is 2.50 bits per heavy atom. The molecule has 74 valence electrons. The number of aromatic nitrogens is 4. The summed E-state index contributed by atoms with van der Waals surface area (Å²) in [5.41, 5.74) is 3.07. The Hall–Kier alpha value is -0.940. The molecular formula is C8H9ClN4S. The molecule has 2 aromatic heterocycles. The third-order valence-corrected chi connectivity index (χ3v) is 3.13. The summed E-state index contributed by atoms with van der Waals surface area (Å²) in [4.78, 5) is 4.14. The highest BCUT2D eigenvalue weighted by Crippen LogP contribution is 2.28. The molecule has 0 unspecified atom stereocenters. The van der Waals surface area contributed by atoms with Gasteiger partial charge in [0.2, 0.25) is 5.28 Å². The van der Waals surface area contributed by atoms with Crippen LogP contribution in [0.5, 0.6) is 0 Å². The minimum atomic E-state index is 0.299. The molecular weight excluding hydrogens is 220 g/mol. The van der Waals surface area contributed by atoms with Crippen LogP contribution in [-0.2, 0) is 7.05 Å². The summed E-state index contributed by atoms with van der Waals surface area (Å²) in [5.74, 6) is 0. The fraction of sp³-hybridized carbons (Fsp3) is 0.375. The fourth-order valence-electron chi connectivity index (χ4n) is 1.39. The lowest BCUT2D eigenvalue weighted by atomic mass is 10.2. The van der Waals surface area contributed by atoms with Crippen LogP contribution in [0.4, 0.5) is 0 Å². The zero-order chi connectivity index (χ0) is 10.3. The summed E-state index contributed by atoms with van der Waals surface area (Å²) >= 11 is 6.98. The first kappa shape index (κ1) is 9.61. The van der Waals surface area contributed by atoms with Gasteiger partial charge in [-0.25, -0.2) is 4.98 Å². The predicted octanol–water partition coefficient (Wildman–Crippen LogP) is 2.21. The van der Waals surface area contributed by atoms with Gasteiger partial charge in [0.1, 0.15) is 5.01 Å². The van der Waals surface area contributed by atoms with Crippen LogP contribution in [0, 0.1) is 13.8 Å². The molecule has 14 heavy (non-hydrogen) atoms. The second-order valence-corrected chi connectivity index (χ2v) is 4.13. The molecule has 0 fully saturated rings. The van der Waals surface area contributed by atoms with Crippen LogP contribution < -0.4 is 0 Å². The van der Waals surface area contributed by atoms with Crippen LogP contribution in [0.25, 0.3) is 10.6 Å². The predicted molar refractivity (Wildman–Crippen MR) is 56.6 cm³/mol. The largest absolute Gasteiger partial charge is 0.272 e. The van der Waals surface area contributed by atoms with E-state index in [9.17, 15) is 0 Å². The van der Waals surface area contributed by atoms with E-state index in [2.05, 4.69) is 14.5 Å². The zero-order valence-corrected chi connectivity index (χ0v) is 9.65. The van der Waals surface area contributed by atoms with E-state index in [-0.39, 0.29) is 0 Å². The summed E-state index contributed by atoms with van der Waals surface area (Å²) in [7, 11) is 1.91. The lowest BCUT2D eigenvalue weighted by Crippen LogP contribution is -1.92. The molecule has 2 rings (SSSR count). The molecule has 4 nitrogen and oxygen atoms in total. The third-order valence-electron chi connectivity index (χ3n) is 2.12. The first-order chi connectivity index (χ1) is 6.59. The average Bonchev–Trinajstić information content (AvgIpc) is 2.60. The number of aryl methyl sites for hydroxylation is 2. The minimum Gasteiger partial charge on any atom is -0.272 e. The van der Waals surface area contributed by atoms with Gasteiger partial charge >= 0.3 is 0 Å². The van der Waals surface area contributed by atoms with E-state index < -0.39 is 0 Å². The Kier molecular flexibility index (Phi) is 2.28. The summed E-state index contributed by atoms with van der Waals surface area (Å²) in [6.07, 6.45) is 0. The normalized spacial score (nSPS) is 10.9. The molecule has 0 N–H and O–H groups in total. The van der Waals surface area contributed by atoms with Crippen molar-refractivity contribution in [2.45, 2.75) is 13.8 Å². The maximum Gasteiger partial charge on any atom is 0.234 e. The van der Waals surface area contributed by atoms with E-state index in [0.29, 0.717) is 5.28 Å². The van der Waals surface area contributed by atoms with Crippen molar-refractivity contribution in [1.82, 2.24) is 19.1 Å². The number of rotatable bonds is 1. The average molecular weight is 229 g/mol. The monoisotopic (exact) mass is 228 g/mol. The standard InChI is InChI=1S/C8H9ClN4S/c1-4-6(5(2)13(3)11-4)7-10-8(9)12-14-7/h1-3H3. The van der Waals surface area contributed by atoms with Gasteiger partial charge in [0.25, 0.3) is 0 Å². The fourth-order valence-corrected chi connectivity index (χ4v) is 2.34. The van der Waals surface area contributed by atoms with Gasteiger partial charge in [-0.2, -0.15) is 9.47 Å². The van der Waals surface area contributed by atoms with E-state index in [1.807, 2.05) is 25.6 Å². The maximum atomic E-state index is 5.68. The van der Waals surface area contributed by atoms with E-state index in [1.165, 1.54) is 11.5 Å². The topological polar surface area (TPSA) is 43.6 Å². The number of hydrogen-bond acceptors (Lipinski definition) is 4. The molecule has 0 saturated carbocycles. The molecule has 2 aromatic rings. The lowest BCUT2D eigenvalue weighted by Gasteiger charge is -1.95. The van der Waals surface area contributed by atoms with Crippen molar-refractivity contribution in [2.24, 2.45) is 7.05 Å². The SMILES string of the molecule is Cc1nn(C)c(C)c1-c1nc(Cl)ns1. The van der Waals surface area contributed by atoms with Gasteiger partial charge in [-0.1, -0.05) is 0 Å². The highest BCUT2D eigenvalue weighted by atomic mass is 35.5. The Morgan fingerprint density at radius 2 is 2.07 bits per heavy atom. The van der Waals surface area contributed by atoms with Gasteiger partial charge in [-0.05, 0) is 37.0 Å². The molecule has 0 aliphatic carbocycles. The Labute approximate surface area is 90.7 Å². The maximum absolute atomic E-state index is 5.68. The summed E-state index contributed by atoms with van der Waals surface area (Å²) in [5, 5.41) is 5.44. The molecule has 0 aromatic carbocycles. The molecule has 0 aliphatic rings. The van der Waals surface area contributed by atoms with Crippen LogP contribution >= 0.6 is 23.1 Å². The van der Waals surface area contributed by atoms with Crippen LogP contribution in [0.2, 0.25) is 5.28 Å². The molecule has 0 saturated heterocycles. The quantitative estimate of drug-likeness (QED) is 0.752. The van der Waals surface area contributed by atoms with Crippen molar-refractivity contribution in [2.75, 3.05) is 0 Å². The van der Waals surface area contributed by atoms with Crippen LogP contribution in [0.15, 0.2) is 0 Å². The highest BCUT2D eigenvalue weighted by Gasteiger charge is 2.15. The van der Waals surface area contributed by atoms with Gasteiger partial charge < -0.3 is 0 Å². The number of halogens is 1. The smallest absolute Gasteiger partial charge is 0.234 e. The van der Waals surface area contributed by atoms with E-state index in [0.717, 1.165) is 22.0 Å². The van der Waals surface area contributed by atoms with Gasteiger partial charge in [-0.15, -0.1) is 0 Å². The van der Waals surface area contributed by atoms with Crippen LogP contribution in [0.3, 0.4) is 0 Å². The van der Waals surface area contributed by atoms with Crippen molar-refractivity contribution >= 4 is 23.1 Å². The minimum absolute atomic E-state index is 0.299. The van der Waals surface area contributed by atoms with Crippen molar-refractivity contribution in [3.63, 3.8) is 0 Å². The molecule has 0 aliphatic heterocycles. The van der Waals surface area contributed by atoms with Gasteiger partial charge in [0, 0.05) is 12.7 Å². The third kappa shape index (κ3) is 1.42. The molecule has 0 atom stereocenters. The van der Waals surface area contributed by atoms with Crippen molar-refractivity contribution in [3.05, 3.63) is 16.7 Å². The lowest BCUT2D eigenvalue weighted by molar-refractivity contribution is 0.731.